The van der Waals surface area contributed by atoms with E-state index in [0.717, 1.165) is 10.6 Å². The molecule has 13 heteroatoms. The highest BCUT2D eigenvalue weighted by molar-refractivity contribution is 7.92. The van der Waals surface area contributed by atoms with Crippen LogP contribution >= 0.6 is 34.8 Å². The maximum atomic E-state index is 13.0. The van der Waals surface area contributed by atoms with E-state index in [0.29, 0.717) is 10.6 Å². The Morgan fingerprint density at radius 3 is 1.97 bits per heavy atom. The lowest BCUT2D eigenvalue weighted by atomic mass is 10.1. The number of hydrogen-bond acceptors (Lipinski definition) is 5. The molecule has 0 saturated carbocycles. The molecule has 0 aliphatic carbocycles. The van der Waals surface area contributed by atoms with Crippen molar-refractivity contribution >= 4 is 77.8 Å². The highest BCUT2D eigenvalue weighted by Crippen LogP contribution is 2.29. The van der Waals surface area contributed by atoms with Crippen LogP contribution in [0.25, 0.3) is 0 Å². The molecular weight excluding hydrogens is 569 g/mol. The van der Waals surface area contributed by atoms with E-state index in [1.54, 1.807) is 19.1 Å². The summed E-state index contributed by atoms with van der Waals surface area (Å²) in [4.78, 5) is 12.9. The van der Waals surface area contributed by atoms with Gasteiger partial charge in [0.25, 0.3) is 10.0 Å². The summed E-state index contributed by atoms with van der Waals surface area (Å²) in [6.45, 7) is 3.15. The number of nitrogens with zero attached hydrogens (tertiary/aromatic N) is 1. The highest BCUT2D eigenvalue weighted by atomic mass is 35.5. The van der Waals surface area contributed by atoms with Gasteiger partial charge in [-0.2, -0.15) is 0 Å². The third-order valence-corrected chi connectivity index (χ3v) is 8.34. The second-order valence-electron chi connectivity index (χ2n) is 7.94. The molecule has 0 unspecified atom stereocenters. The fraction of sp³-hybridized carbons (Fsp3) is 0.174. The number of nitrogens with one attached hydrogen (secondary N) is 2. The third-order valence-electron chi connectivity index (χ3n) is 5.04. The SMILES string of the molecule is Cc1ccc(Cl)cc1N([C@@H](C)C(=O)Nc1ccc(S(=O)(=O)Nc2cc(Cl)cc(Cl)c2)cc1)S(C)(=O)=O. The standard InChI is InChI=1S/C23H22Cl3N3O5S2/c1-14-4-5-16(24)13-22(14)29(35(3,31)32)15(2)23(30)27-19-6-8-21(9-7-19)36(33,34)28-20-11-17(25)10-18(26)12-20/h4-13,15,28H,1-3H3,(H,27,30)/t15-/m0/s1. The van der Waals surface area contributed by atoms with E-state index < -0.39 is 32.0 Å². The maximum absolute atomic E-state index is 13.0. The number of benzene rings is 3. The van der Waals surface area contributed by atoms with Crippen molar-refractivity contribution in [1.82, 2.24) is 0 Å². The fourth-order valence-electron chi connectivity index (χ4n) is 3.39. The van der Waals surface area contributed by atoms with Crippen LogP contribution in [0.3, 0.4) is 0 Å². The van der Waals surface area contributed by atoms with Gasteiger partial charge in [-0.15, -0.1) is 0 Å². The number of anilines is 3. The molecule has 0 spiro atoms. The van der Waals surface area contributed by atoms with Crippen LogP contribution in [0.15, 0.2) is 65.6 Å². The lowest BCUT2D eigenvalue weighted by Gasteiger charge is -2.29. The van der Waals surface area contributed by atoms with Crippen molar-refractivity contribution in [2.24, 2.45) is 0 Å². The van der Waals surface area contributed by atoms with Gasteiger partial charge >= 0.3 is 0 Å². The summed E-state index contributed by atoms with van der Waals surface area (Å²) < 4.78 is 53.9. The Labute approximate surface area is 225 Å². The number of hydrogen-bond donors (Lipinski definition) is 2. The molecule has 0 heterocycles. The summed E-state index contributed by atoms with van der Waals surface area (Å²) in [7, 11) is -7.81. The van der Waals surface area contributed by atoms with Crippen molar-refractivity contribution in [2.75, 3.05) is 20.6 Å². The molecule has 0 aromatic heterocycles. The molecule has 0 radical (unpaired) electrons. The van der Waals surface area contributed by atoms with E-state index in [1.165, 1.54) is 55.5 Å². The summed E-state index contributed by atoms with van der Waals surface area (Å²) >= 11 is 17.9. The molecule has 0 fully saturated rings. The first kappa shape index (κ1) is 28.1. The zero-order valence-corrected chi connectivity index (χ0v) is 23.2. The van der Waals surface area contributed by atoms with E-state index in [-0.39, 0.29) is 32.0 Å². The molecular formula is C23H22Cl3N3O5S2. The van der Waals surface area contributed by atoms with Gasteiger partial charge in [0.1, 0.15) is 6.04 Å². The van der Waals surface area contributed by atoms with Crippen LogP contribution in [0.5, 0.6) is 0 Å². The largest absolute Gasteiger partial charge is 0.324 e. The van der Waals surface area contributed by atoms with Crippen LogP contribution in [0, 0.1) is 6.92 Å². The van der Waals surface area contributed by atoms with Gasteiger partial charge in [-0.25, -0.2) is 16.8 Å². The molecule has 8 nitrogen and oxygen atoms in total. The van der Waals surface area contributed by atoms with Crippen molar-refractivity contribution < 1.29 is 21.6 Å². The van der Waals surface area contributed by atoms with Crippen molar-refractivity contribution in [2.45, 2.75) is 24.8 Å². The molecule has 3 aromatic rings. The molecule has 1 amide bonds. The number of aryl methyl sites for hydroxylation is 1. The highest BCUT2D eigenvalue weighted by Gasteiger charge is 2.30. The summed E-state index contributed by atoms with van der Waals surface area (Å²) in [6.07, 6.45) is 0.997. The maximum Gasteiger partial charge on any atom is 0.261 e. The Kier molecular flexibility index (Phi) is 8.47. The van der Waals surface area contributed by atoms with E-state index in [4.69, 9.17) is 34.8 Å². The van der Waals surface area contributed by atoms with Crippen LogP contribution in [0.2, 0.25) is 15.1 Å². The number of amides is 1. The van der Waals surface area contributed by atoms with Crippen LogP contribution in [0.4, 0.5) is 17.1 Å². The Morgan fingerprint density at radius 2 is 1.42 bits per heavy atom. The van der Waals surface area contributed by atoms with Gasteiger partial charge in [0.15, 0.2) is 0 Å². The topological polar surface area (TPSA) is 113 Å². The quantitative estimate of drug-likeness (QED) is 0.357. The summed E-state index contributed by atoms with van der Waals surface area (Å²) in [6, 6.07) is 13.3. The molecule has 0 saturated heterocycles. The first-order valence-electron chi connectivity index (χ1n) is 10.3. The lowest BCUT2D eigenvalue weighted by molar-refractivity contribution is -0.116. The van der Waals surface area contributed by atoms with Gasteiger partial charge < -0.3 is 5.32 Å². The second kappa shape index (κ2) is 10.9. The van der Waals surface area contributed by atoms with Crippen molar-refractivity contribution in [3.05, 3.63) is 81.3 Å². The minimum atomic E-state index is -3.97. The molecule has 36 heavy (non-hydrogen) atoms. The van der Waals surface area contributed by atoms with Gasteiger partial charge in [-0.05, 0) is 74.0 Å². The Hall–Kier alpha value is -2.50. The molecule has 0 bridgehead atoms. The Balaban J connectivity index is 1.80. The van der Waals surface area contributed by atoms with Gasteiger partial charge in [0, 0.05) is 20.8 Å². The van der Waals surface area contributed by atoms with E-state index in [1.807, 2.05) is 0 Å². The van der Waals surface area contributed by atoms with E-state index >= 15 is 0 Å². The number of sulfonamides is 2. The second-order valence-corrected chi connectivity index (χ2v) is 12.8. The lowest BCUT2D eigenvalue weighted by Crippen LogP contribution is -2.45. The van der Waals surface area contributed by atoms with Crippen LogP contribution < -0.4 is 14.3 Å². The molecule has 1 atom stereocenters. The molecule has 0 aliphatic heterocycles. The Morgan fingerprint density at radius 1 is 0.833 bits per heavy atom. The monoisotopic (exact) mass is 589 g/mol. The van der Waals surface area contributed by atoms with Crippen molar-refractivity contribution in [3.63, 3.8) is 0 Å². The van der Waals surface area contributed by atoms with Gasteiger partial charge in [-0.1, -0.05) is 40.9 Å². The summed E-state index contributed by atoms with van der Waals surface area (Å²) in [5, 5.41) is 3.47. The zero-order valence-electron chi connectivity index (χ0n) is 19.3. The van der Waals surface area contributed by atoms with Gasteiger partial charge in [0.2, 0.25) is 15.9 Å². The van der Waals surface area contributed by atoms with Gasteiger partial charge in [0.05, 0.1) is 22.5 Å². The first-order valence-corrected chi connectivity index (χ1v) is 14.8. The number of carbonyl (C=O) groups is 1. The van der Waals surface area contributed by atoms with E-state index in [9.17, 15) is 21.6 Å². The van der Waals surface area contributed by atoms with E-state index in [2.05, 4.69) is 10.0 Å². The minimum absolute atomic E-state index is 0.0723. The number of rotatable bonds is 8. The summed E-state index contributed by atoms with van der Waals surface area (Å²) in [5.41, 5.74) is 1.36. The number of carbonyl (C=O) groups excluding carboxylic acids is 1. The zero-order chi connectivity index (χ0) is 26.8. The molecule has 3 aromatic carbocycles. The van der Waals surface area contributed by atoms with Crippen LogP contribution in [-0.2, 0) is 24.8 Å². The third kappa shape index (κ3) is 6.83. The predicted molar refractivity (Wildman–Crippen MR) is 145 cm³/mol. The molecule has 0 aliphatic rings. The molecule has 3 rings (SSSR count). The minimum Gasteiger partial charge on any atom is -0.324 e. The van der Waals surface area contributed by atoms with Crippen LogP contribution in [-0.4, -0.2) is 35.0 Å². The summed E-state index contributed by atoms with van der Waals surface area (Å²) in [5.74, 6) is -0.623. The molecule has 2 N–H and O–H groups in total. The smallest absolute Gasteiger partial charge is 0.261 e. The van der Waals surface area contributed by atoms with Crippen LogP contribution in [0.1, 0.15) is 12.5 Å². The average Bonchev–Trinajstić information content (AvgIpc) is 2.74. The van der Waals surface area contributed by atoms with Crippen molar-refractivity contribution in [1.29, 1.82) is 0 Å². The fourth-order valence-corrected chi connectivity index (χ4v) is 6.35. The predicted octanol–water partition coefficient (Wildman–Crippen LogP) is 5.55. The van der Waals surface area contributed by atoms with Crippen molar-refractivity contribution in [3.8, 4) is 0 Å². The van der Waals surface area contributed by atoms with Gasteiger partial charge in [-0.3, -0.25) is 13.8 Å². The molecule has 192 valence electrons. The first-order chi connectivity index (χ1) is 16.7. The Bertz CT molecular complexity index is 1490. The average molecular weight is 591 g/mol. The number of halogens is 3. The normalized spacial score (nSPS) is 12.6.